The molecular weight excluding hydrogens is 214 g/mol. The SMILES string of the molecule is C=C(c1cccc(CC)c1)c1cnc(C)s1. The van der Waals surface area contributed by atoms with Crippen molar-refractivity contribution in [2.24, 2.45) is 0 Å². The molecule has 2 rings (SSSR count). The Morgan fingerprint density at radius 2 is 2.25 bits per heavy atom. The smallest absolute Gasteiger partial charge is 0.0900 e. The van der Waals surface area contributed by atoms with Crippen LogP contribution in [-0.2, 0) is 6.42 Å². The van der Waals surface area contributed by atoms with Gasteiger partial charge in [0.25, 0.3) is 0 Å². The highest BCUT2D eigenvalue weighted by atomic mass is 32.1. The Morgan fingerprint density at radius 3 is 2.88 bits per heavy atom. The molecule has 1 aromatic heterocycles. The lowest BCUT2D eigenvalue weighted by molar-refractivity contribution is 1.14. The normalized spacial score (nSPS) is 10.4. The Hall–Kier alpha value is -1.41. The Morgan fingerprint density at radius 1 is 1.44 bits per heavy atom. The summed E-state index contributed by atoms with van der Waals surface area (Å²) in [6.07, 6.45) is 2.96. The van der Waals surface area contributed by atoms with Crippen molar-refractivity contribution < 1.29 is 0 Å². The van der Waals surface area contributed by atoms with E-state index in [1.54, 1.807) is 11.3 Å². The van der Waals surface area contributed by atoms with E-state index in [1.165, 1.54) is 11.1 Å². The predicted octanol–water partition coefficient (Wildman–Crippen LogP) is 4.08. The van der Waals surface area contributed by atoms with Gasteiger partial charge in [-0.3, -0.25) is 0 Å². The molecule has 0 amide bonds. The van der Waals surface area contributed by atoms with Gasteiger partial charge < -0.3 is 0 Å². The van der Waals surface area contributed by atoms with Gasteiger partial charge in [-0.25, -0.2) is 4.98 Å². The summed E-state index contributed by atoms with van der Waals surface area (Å²) in [6, 6.07) is 8.55. The fourth-order valence-corrected chi connectivity index (χ4v) is 2.39. The molecule has 0 saturated carbocycles. The number of nitrogens with zero attached hydrogens (tertiary/aromatic N) is 1. The van der Waals surface area contributed by atoms with Crippen LogP contribution in [-0.4, -0.2) is 4.98 Å². The van der Waals surface area contributed by atoms with Gasteiger partial charge in [-0.05, 0) is 30.0 Å². The summed E-state index contributed by atoms with van der Waals surface area (Å²) >= 11 is 1.69. The number of thiazole rings is 1. The third kappa shape index (κ3) is 2.22. The monoisotopic (exact) mass is 229 g/mol. The van der Waals surface area contributed by atoms with Crippen molar-refractivity contribution in [2.45, 2.75) is 20.3 Å². The second-order valence-electron chi connectivity index (χ2n) is 3.78. The maximum absolute atomic E-state index is 4.26. The van der Waals surface area contributed by atoms with E-state index in [4.69, 9.17) is 0 Å². The van der Waals surface area contributed by atoms with E-state index in [0.29, 0.717) is 0 Å². The van der Waals surface area contributed by atoms with Crippen LogP contribution in [0.4, 0.5) is 0 Å². The van der Waals surface area contributed by atoms with E-state index < -0.39 is 0 Å². The van der Waals surface area contributed by atoms with Crippen LogP contribution in [0.25, 0.3) is 5.57 Å². The van der Waals surface area contributed by atoms with Crippen molar-refractivity contribution in [3.05, 3.63) is 58.1 Å². The molecule has 0 N–H and O–H groups in total. The number of aryl methyl sites for hydroxylation is 2. The van der Waals surface area contributed by atoms with Crippen molar-refractivity contribution in [3.63, 3.8) is 0 Å². The molecule has 0 atom stereocenters. The fourth-order valence-electron chi connectivity index (χ4n) is 1.62. The molecule has 2 heteroatoms. The Labute approximate surface area is 100 Å². The van der Waals surface area contributed by atoms with Crippen LogP contribution in [0.5, 0.6) is 0 Å². The number of hydrogen-bond donors (Lipinski definition) is 0. The molecule has 1 nitrogen and oxygen atoms in total. The van der Waals surface area contributed by atoms with Crippen LogP contribution in [0.1, 0.15) is 27.9 Å². The summed E-state index contributed by atoms with van der Waals surface area (Å²) in [5.41, 5.74) is 3.61. The van der Waals surface area contributed by atoms with E-state index in [2.05, 4.69) is 42.8 Å². The molecule has 82 valence electrons. The molecule has 0 spiro atoms. The second kappa shape index (κ2) is 4.62. The molecule has 0 fully saturated rings. The summed E-state index contributed by atoms with van der Waals surface area (Å²) in [5, 5.41) is 1.09. The first kappa shape index (κ1) is 11.1. The highest BCUT2D eigenvalue weighted by Gasteiger charge is 2.05. The fraction of sp³-hybridized carbons (Fsp3) is 0.214. The van der Waals surface area contributed by atoms with Crippen LogP contribution in [0, 0.1) is 6.92 Å². The third-order valence-electron chi connectivity index (χ3n) is 2.60. The molecule has 16 heavy (non-hydrogen) atoms. The van der Waals surface area contributed by atoms with Crippen LogP contribution in [0.15, 0.2) is 37.0 Å². The third-order valence-corrected chi connectivity index (χ3v) is 3.57. The van der Waals surface area contributed by atoms with Gasteiger partial charge in [-0.1, -0.05) is 37.8 Å². The standard InChI is InChI=1S/C14H15NS/c1-4-12-6-5-7-13(8-12)10(2)14-9-15-11(3)16-14/h5-9H,2,4H2,1,3H3. The number of hydrogen-bond acceptors (Lipinski definition) is 2. The van der Waals surface area contributed by atoms with Crippen molar-refractivity contribution in [1.82, 2.24) is 4.98 Å². The molecular formula is C14H15NS. The van der Waals surface area contributed by atoms with Gasteiger partial charge >= 0.3 is 0 Å². The van der Waals surface area contributed by atoms with Gasteiger partial charge in [0.15, 0.2) is 0 Å². The Balaban J connectivity index is 2.33. The zero-order valence-corrected chi connectivity index (χ0v) is 10.5. The first-order valence-electron chi connectivity index (χ1n) is 5.41. The molecule has 0 saturated heterocycles. The quantitative estimate of drug-likeness (QED) is 0.773. The molecule has 0 aliphatic carbocycles. The molecule has 0 aliphatic rings. The highest BCUT2D eigenvalue weighted by molar-refractivity contribution is 7.12. The minimum Gasteiger partial charge on any atom is -0.249 e. The Kier molecular flexibility index (Phi) is 3.20. The predicted molar refractivity (Wildman–Crippen MR) is 70.8 cm³/mol. The van der Waals surface area contributed by atoms with Crippen molar-refractivity contribution >= 4 is 16.9 Å². The molecule has 2 aromatic rings. The van der Waals surface area contributed by atoms with Crippen LogP contribution in [0.3, 0.4) is 0 Å². The molecule has 1 aromatic carbocycles. The lowest BCUT2D eigenvalue weighted by atomic mass is 10.0. The van der Waals surface area contributed by atoms with Gasteiger partial charge in [0, 0.05) is 6.20 Å². The lowest BCUT2D eigenvalue weighted by Gasteiger charge is -2.04. The summed E-state index contributed by atoms with van der Waals surface area (Å²) in [4.78, 5) is 5.42. The molecule has 0 unspecified atom stereocenters. The highest BCUT2D eigenvalue weighted by Crippen LogP contribution is 2.26. The topological polar surface area (TPSA) is 12.9 Å². The summed E-state index contributed by atoms with van der Waals surface area (Å²) in [7, 11) is 0. The van der Waals surface area contributed by atoms with E-state index >= 15 is 0 Å². The minimum atomic E-state index is 1.06. The van der Waals surface area contributed by atoms with Crippen molar-refractivity contribution in [3.8, 4) is 0 Å². The zero-order valence-electron chi connectivity index (χ0n) is 9.66. The summed E-state index contributed by atoms with van der Waals surface area (Å²) in [5.74, 6) is 0. The van der Waals surface area contributed by atoms with Crippen LogP contribution in [0.2, 0.25) is 0 Å². The second-order valence-corrected chi connectivity index (χ2v) is 5.01. The maximum Gasteiger partial charge on any atom is 0.0900 e. The molecule has 0 bridgehead atoms. The van der Waals surface area contributed by atoms with E-state index in [-0.39, 0.29) is 0 Å². The summed E-state index contributed by atoms with van der Waals surface area (Å²) in [6.45, 7) is 8.34. The van der Waals surface area contributed by atoms with E-state index in [1.807, 2.05) is 13.1 Å². The van der Waals surface area contributed by atoms with Crippen molar-refractivity contribution in [1.29, 1.82) is 0 Å². The lowest BCUT2D eigenvalue weighted by Crippen LogP contribution is -1.86. The largest absolute Gasteiger partial charge is 0.249 e. The first-order chi connectivity index (χ1) is 7.70. The van der Waals surface area contributed by atoms with Gasteiger partial charge in [-0.2, -0.15) is 0 Å². The average Bonchev–Trinajstić information content (AvgIpc) is 2.75. The van der Waals surface area contributed by atoms with Crippen LogP contribution >= 0.6 is 11.3 Å². The van der Waals surface area contributed by atoms with Crippen molar-refractivity contribution in [2.75, 3.05) is 0 Å². The summed E-state index contributed by atoms with van der Waals surface area (Å²) < 4.78 is 0. The van der Waals surface area contributed by atoms with Gasteiger partial charge in [-0.15, -0.1) is 11.3 Å². The Bertz CT molecular complexity index is 511. The number of aromatic nitrogens is 1. The maximum atomic E-state index is 4.26. The number of rotatable bonds is 3. The number of benzene rings is 1. The zero-order chi connectivity index (χ0) is 11.5. The van der Waals surface area contributed by atoms with Gasteiger partial charge in [0.1, 0.15) is 0 Å². The molecule has 1 heterocycles. The minimum absolute atomic E-state index is 1.06. The van der Waals surface area contributed by atoms with Gasteiger partial charge in [0.05, 0.1) is 9.88 Å². The van der Waals surface area contributed by atoms with E-state index in [0.717, 1.165) is 21.9 Å². The van der Waals surface area contributed by atoms with Crippen LogP contribution < -0.4 is 0 Å². The first-order valence-corrected chi connectivity index (χ1v) is 6.23. The molecule has 0 aliphatic heterocycles. The average molecular weight is 229 g/mol. The van der Waals surface area contributed by atoms with E-state index in [9.17, 15) is 0 Å². The molecule has 0 radical (unpaired) electrons. The van der Waals surface area contributed by atoms with Gasteiger partial charge in [0.2, 0.25) is 0 Å².